The summed E-state index contributed by atoms with van der Waals surface area (Å²) in [6.45, 7) is 1.98. The molecule has 0 radical (unpaired) electrons. The number of aromatic nitrogens is 2. The minimum atomic E-state index is 0.624. The number of hydrogen-bond donors (Lipinski definition) is 1. The molecule has 1 aromatic heterocycles. The molecule has 1 aromatic carbocycles. The van der Waals surface area contributed by atoms with Gasteiger partial charge in [-0.1, -0.05) is 24.3 Å². The molecule has 0 amide bonds. The third-order valence-electron chi connectivity index (χ3n) is 4.76. The second-order valence-electron chi connectivity index (χ2n) is 6.51. The van der Waals surface area contributed by atoms with Gasteiger partial charge in [-0.3, -0.25) is 4.68 Å². The van der Waals surface area contributed by atoms with Gasteiger partial charge in [-0.05, 0) is 43.2 Å². The molecular formula is C18H23N3. The Labute approximate surface area is 126 Å². The average Bonchev–Trinajstić information content (AvgIpc) is 3.25. The normalized spacial score (nSPS) is 21.2. The molecule has 2 aliphatic carbocycles. The smallest absolute Gasteiger partial charge is 0.0534 e. The molecule has 1 unspecified atom stereocenters. The van der Waals surface area contributed by atoms with E-state index in [0.29, 0.717) is 5.92 Å². The first kappa shape index (κ1) is 13.1. The van der Waals surface area contributed by atoms with Gasteiger partial charge >= 0.3 is 0 Å². The van der Waals surface area contributed by atoms with Crippen LogP contribution in [-0.4, -0.2) is 15.8 Å². The quantitative estimate of drug-likeness (QED) is 0.911. The number of benzene rings is 1. The highest BCUT2D eigenvalue weighted by molar-refractivity contribution is 5.32. The van der Waals surface area contributed by atoms with E-state index in [1.807, 2.05) is 6.20 Å². The van der Waals surface area contributed by atoms with E-state index in [2.05, 4.69) is 45.6 Å². The minimum Gasteiger partial charge on any atom is -0.310 e. The number of fused-ring (bicyclic) bond motifs is 1. The van der Waals surface area contributed by atoms with Gasteiger partial charge in [-0.15, -0.1) is 0 Å². The van der Waals surface area contributed by atoms with Crippen LogP contribution in [0.25, 0.3) is 0 Å². The molecule has 110 valence electrons. The molecule has 2 aliphatic rings. The van der Waals surface area contributed by atoms with Gasteiger partial charge in [0.2, 0.25) is 0 Å². The van der Waals surface area contributed by atoms with E-state index in [-0.39, 0.29) is 0 Å². The van der Waals surface area contributed by atoms with Crippen LogP contribution in [0.2, 0.25) is 0 Å². The third kappa shape index (κ3) is 3.03. The van der Waals surface area contributed by atoms with Gasteiger partial charge in [-0.25, -0.2) is 0 Å². The van der Waals surface area contributed by atoms with Crippen LogP contribution in [-0.2, 0) is 19.5 Å². The Morgan fingerprint density at radius 3 is 3.00 bits per heavy atom. The standard InChI is InChI=1S/C18H23N3/c1-2-7-18-15(4-1)5-3-6-16(18)13-21-12-14(11-20-21)10-19-17-8-9-17/h1-2,4,7,11-12,16-17,19H,3,5-6,8-10,13H2. The van der Waals surface area contributed by atoms with E-state index in [4.69, 9.17) is 0 Å². The van der Waals surface area contributed by atoms with Gasteiger partial charge in [-0.2, -0.15) is 5.10 Å². The molecule has 1 saturated carbocycles. The van der Waals surface area contributed by atoms with Crippen molar-refractivity contribution >= 4 is 0 Å². The first-order chi connectivity index (χ1) is 10.4. The second kappa shape index (κ2) is 5.64. The fraction of sp³-hybridized carbons (Fsp3) is 0.500. The zero-order valence-electron chi connectivity index (χ0n) is 12.5. The van der Waals surface area contributed by atoms with E-state index >= 15 is 0 Å². The molecule has 21 heavy (non-hydrogen) atoms. The van der Waals surface area contributed by atoms with Gasteiger partial charge in [0.05, 0.1) is 6.20 Å². The van der Waals surface area contributed by atoms with E-state index in [1.165, 1.54) is 48.8 Å². The van der Waals surface area contributed by atoms with Crippen LogP contribution in [0.15, 0.2) is 36.7 Å². The van der Waals surface area contributed by atoms with Crippen molar-refractivity contribution in [1.82, 2.24) is 15.1 Å². The van der Waals surface area contributed by atoms with Crippen molar-refractivity contribution in [1.29, 1.82) is 0 Å². The van der Waals surface area contributed by atoms with Gasteiger partial charge in [0.25, 0.3) is 0 Å². The Morgan fingerprint density at radius 2 is 2.10 bits per heavy atom. The SMILES string of the molecule is c1ccc2c(c1)CCCC2Cn1cc(CNC2CC2)cn1. The molecule has 1 N–H and O–H groups in total. The van der Waals surface area contributed by atoms with Crippen molar-refractivity contribution in [3.05, 3.63) is 53.3 Å². The van der Waals surface area contributed by atoms with Gasteiger partial charge in [0, 0.05) is 36.8 Å². The van der Waals surface area contributed by atoms with Crippen molar-refractivity contribution in [2.24, 2.45) is 0 Å². The van der Waals surface area contributed by atoms with Gasteiger partial charge < -0.3 is 5.32 Å². The summed E-state index contributed by atoms with van der Waals surface area (Å²) in [4.78, 5) is 0. The third-order valence-corrected chi connectivity index (χ3v) is 4.76. The summed E-state index contributed by atoms with van der Waals surface area (Å²) >= 11 is 0. The Balaban J connectivity index is 1.44. The lowest BCUT2D eigenvalue weighted by Crippen LogP contribution is -2.16. The Hall–Kier alpha value is -1.61. The van der Waals surface area contributed by atoms with Crippen molar-refractivity contribution in [2.45, 2.75) is 57.2 Å². The summed E-state index contributed by atoms with van der Waals surface area (Å²) in [5.41, 5.74) is 4.39. The van der Waals surface area contributed by atoms with Crippen molar-refractivity contribution < 1.29 is 0 Å². The first-order valence-corrected chi connectivity index (χ1v) is 8.21. The molecule has 2 aromatic rings. The van der Waals surface area contributed by atoms with Crippen LogP contribution in [0.3, 0.4) is 0 Å². The summed E-state index contributed by atoms with van der Waals surface area (Å²) in [5, 5.41) is 8.11. The highest BCUT2D eigenvalue weighted by atomic mass is 15.3. The summed E-state index contributed by atoms with van der Waals surface area (Å²) in [7, 11) is 0. The van der Waals surface area contributed by atoms with E-state index in [9.17, 15) is 0 Å². The highest BCUT2D eigenvalue weighted by Gasteiger charge is 2.21. The fourth-order valence-corrected chi connectivity index (χ4v) is 3.42. The largest absolute Gasteiger partial charge is 0.310 e. The molecule has 1 fully saturated rings. The van der Waals surface area contributed by atoms with E-state index in [0.717, 1.165) is 19.1 Å². The first-order valence-electron chi connectivity index (χ1n) is 8.21. The lowest BCUT2D eigenvalue weighted by atomic mass is 9.83. The van der Waals surface area contributed by atoms with Crippen LogP contribution >= 0.6 is 0 Å². The topological polar surface area (TPSA) is 29.9 Å². The predicted molar refractivity (Wildman–Crippen MR) is 84.2 cm³/mol. The zero-order chi connectivity index (χ0) is 14.1. The van der Waals surface area contributed by atoms with Crippen LogP contribution in [0.5, 0.6) is 0 Å². The monoisotopic (exact) mass is 281 g/mol. The second-order valence-corrected chi connectivity index (χ2v) is 6.51. The number of hydrogen-bond acceptors (Lipinski definition) is 2. The maximum absolute atomic E-state index is 4.56. The Morgan fingerprint density at radius 1 is 1.19 bits per heavy atom. The minimum absolute atomic E-state index is 0.624. The number of aryl methyl sites for hydroxylation is 1. The number of nitrogens with one attached hydrogen (secondary N) is 1. The summed E-state index contributed by atoms with van der Waals surface area (Å²) in [6.07, 6.45) is 10.7. The van der Waals surface area contributed by atoms with Crippen molar-refractivity contribution in [2.75, 3.05) is 0 Å². The van der Waals surface area contributed by atoms with E-state index < -0.39 is 0 Å². The predicted octanol–water partition coefficient (Wildman–Crippen LogP) is 3.26. The molecular weight excluding hydrogens is 258 g/mol. The molecule has 1 atom stereocenters. The van der Waals surface area contributed by atoms with Crippen LogP contribution in [0.4, 0.5) is 0 Å². The summed E-state index contributed by atoms with van der Waals surface area (Å²) < 4.78 is 2.14. The lowest BCUT2D eigenvalue weighted by Gasteiger charge is -2.25. The van der Waals surface area contributed by atoms with Crippen molar-refractivity contribution in [3.63, 3.8) is 0 Å². The molecule has 0 bridgehead atoms. The van der Waals surface area contributed by atoms with E-state index in [1.54, 1.807) is 0 Å². The molecule has 0 aliphatic heterocycles. The Kier molecular flexibility index (Phi) is 3.52. The molecule has 0 saturated heterocycles. The maximum atomic E-state index is 4.56. The van der Waals surface area contributed by atoms with Crippen molar-refractivity contribution in [3.8, 4) is 0 Å². The van der Waals surface area contributed by atoms with Crippen LogP contribution < -0.4 is 5.32 Å². The number of rotatable bonds is 5. The fourth-order valence-electron chi connectivity index (χ4n) is 3.42. The molecule has 3 heteroatoms. The summed E-state index contributed by atoms with van der Waals surface area (Å²) in [5.74, 6) is 0.624. The van der Waals surface area contributed by atoms with Gasteiger partial charge in [0.1, 0.15) is 0 Å². The molecule has 1 heterocycles. The highest BCUT2D eigenvalue weighted by Crippen LogP contribution is 2.32. The molecule has 4 rings (SSSR count). The Bertz CT molecular complexity index is 612. The lowest BCUT2D eigenvalue weighted by molar-refractivity contribution is 0.457. The molecule has 0 spiro atoms. The van der Waals surface area contributed by atoms with Crippen LogP contribution in [0.1, 0.15) is 48.3 Å². The van der Waals surface area contributed by atoms with Gasteiger partial charge in [0.15, 0.2) is 0 Å². The average molecular weight is 281 g/mol. The number of nitrogens with zero attached hydrogens (tertiary/aromatic N) is 2. The zero-order valence-corrected chi connectivity index (χ0v) is 12.5. The van der Waals surface area contributed by atoms with Crippen LogP contribution in [0, 0.1) is 0 Å². The maximum Gasteiger partial charge on any atom is 0.0534 e. The summed E-state index contributed by atoms with van der Waals surface area (Å²) in [6, 6.07) is 9.69. The molecule has 3 nitrogen and oxygen atoms in total.